The van der Waals surface area contributed by atoms with Gasteiger partial charge >= 0.3 is 0 Å². The second-order valence-electron chi connectivity index (χ2n) is 5.02. The summed E-state index contributed by atoms with van der Waals surface area (Å²) in [7, 11) is 2.05. The molecule has 1 aliphatic rings. The molecule has 1 atom stereocenters. The van der Waals surface area contributed by atoms with Crippen molar-refractivity contribution in [2.24, 2.45) is 0 Å². The van der Waals surface area contributed by atoms with Crippen LogP contribution in [0, 0.1) is 11.3 Å². The third-order valence-corrected chi connectivity index (χ3v) is 4.84. The first-order chi connectivity index (χ1) is 9.29. The van der Waals surface area contributed by atoms with Gasteiger partial charge in [0, 0.05) is 11.4 Å². The zero-order valence-electron chi connectivity index (χ0n) is 11.0. The minimum Gasteiger partial charge on any atom is -0.286 e. The molecule has 19 heavy (non-hydrogen) atoms. The standard InChI is InChI=1S/C16H16N2S/c1-18-8-6-12-4-2-3-5-13(12)10-14-7-9-19-16(14)15(18)11-17/h2-5,7,9,15H,6,8,10H2,1H3. The molecule has 1 aromatic heterocycles. The number of rotatable bonds is 0. The van der Waals surface area contributed by atoms with Gasteiger partial charge in [-0.1, -0.05) is 24.3 Å². The largest absolute Gasteiger partial charge is 0.286 e. The quantitative estimate of drug-likeness (QED) is 0.732. The summed E-state index contributed by atoms with van der Waals surface area (Å²) in [6, 6.07) is 13.1. The van der Waals surface area contributed by atoms with Crippen molar-refractivity contribution in [2.45, 2.75) is 18.9 Å². The smallest absolute Gasteiger partial charge is 0.133 e. The van der Waals surface area contributed by atoms with Crippen LogP contribution in [0.5, 0.6) is 0 Å². The van der Waals surface area contributed by atoms with Crippen molar-refractivity contribution in [2.75, 3.05) is 13.6 Å². The first kappa shape index (κ1) is 12.4. The summed E-state index contributed by atoms with van der Waals surface area (Å²) in [5.74, 6) is 0. The van der Waals surface area contributed by atoms with Gasteiger partial charge in [0.2, 0.25) is 0 Å². The highest BCUT2D eigenvalue weighted by atomic mass is 32.1. The van der Waals surface area contributed by atoms with E-state index in [0.29, 0.717) is 0 Å². The lowest BCUT2D eigenvalue weighted by Gasteiger charge is -2.21. The Labute approximate surface area is 117 Å². The highest BCUT2D eigenvalue weighted by molar-refractivity contribution is 7.10. The molecule has 1 aliphatic heterocycles. The molecule has 0 bridgehead atoms. The lowest BCUT2D eigenvalue weighted by atomic mass is 9.98. The molecule has 0 spiro atoms. The van der Waals surface area contributed by atoms with Crippen LogP contribution in [0.4, 0.5) is 0 Å². The van der Waals surface area contributed by atoms with E-state index in [2.05, 4.69) is 46.7 Å². The fraction of sp³-hybridized carbons (Fsp3) is 0.312. The van der Waals surface area contributed by atoms with E-state index in [-0.39, 0.29) is 6.04 Å². The molecule has 0 saturated heterocycles. The van der Waals surface area contributed by atoms with E-state index >= 15 is 0 Å². The maximum atomic E-state index is 9.47. The Bertz CT molecular complexity index is 624. The molecule has 1 aromatic carbocycles. The monoisotopic (exact) mass is 268 g/mol. The molecule has 96 valence electrons. The van der Waals surface area contributed by atoms with Crippen LogP contribution >= 0.6 is 11.3 Å². The van der Waals surface area contributed by atoms with Crippen molar-refractivity contribution in [3.63, 3.8) is 0 Å². The van der Waals surface area contributed by atoms with E-state index in [1.807, 2.05) is 7.05 Å². The summed E-state index contributed by atoms with van der Waals surface area (Å²) in [5, 5.41) is 11.6. The first-order valence-corrected chi connectivity index (χ1v) is 7.40. The minimum absolute atomic E-state index is 0.107. The second-order valence-corrected chi connectivity index (χ2v) is 5.97. The normalized spacial score (nSPS) is 19.5. The van der Waals surface area contributed by atoms with E-state index < -0.39 is 0 Å². The van der Waals surface area contributed by atoms with Crippen molar-refractivity contribution < 1.29 is 0 Å². The Morgan fingerprint density at radius 3 is 2.79 bits per heavy atom. The van der Waals surface area contributed by atoms with Gasteiger partial charge < -0.3 is 0 Å². The maximum Gasteiger partial charge on any atom is 0.133 e. The summed E-state index contributed by atoms with van der Waals surface area (Å²) in [5.41, 5.74) is 4.11. The molecule has 0 saturated carbocycles. The summed E-state index contributed by atoms with van der Waals surface area (Å²) in [6.07, 6.45) is 1.96. The zero-order chi connectivity index (χ0) is 13.2. The predicted octanol–water partition coefficient (Wildman–Crippen LogP) is 3.39. The van der Waals surface area contributed by atoms with Crippen LogP contribution in [0.2, 0.25) is 0 Å². The third kappa shape index (κ3) is 2.30. The average molecular weight is 268 g/mol. The molecule has 3 rings (SSSR count). The van der Waals surface area contributed by atoms with Crippen molar-refractivity contribution in [1.29, 1.82) is 5.26 Å². The SMILES string of the molecule is CN1CCc2ccccc2Cc2ccsc2C1C#N. The van der Waals surface area contributed by atoms with Crippen molar-refractivity contribution >= 4 is 11.3 Å². The Morgan fingerprint density at radius 1 is 1.21 bits per heavy atom. The number of likely N-dealkylation sites (N-methyl/N-ethyl adjacent to an activating group) is 1. The van der Waals surface area contributed by atoms with E-state index in [4.69, 9.17) is 0 Å². The van der Waals surface area contributed by atoms with E-state index in [1.165, 1.54) is 21.6 Å². The zero-order valence-corrected chi connectivity index (χ0v) is 11.8. The highest BCUT2D eigenvalue weighted by Gasteiger charge is 2.23. The molecule has 0 N–H and O–H groups in total. The number of thiophene rings is 1. The van der Waals surface area contributed by atoms with Crippen LogP contribution in [0.25, 0.3) is 0 Å². The Balaban J connectivity index is 2.09. The summed E-state index contributed by atoms with van der Waals surface area (Å²) in [6.45, 7) is 0.923. The summed E-state index contributed by atoms with van der Waals surface area (Å²) >= 11 is 1.70. The summed E-state index contributed by atoms with van der Waals surface area (Å²) < 4.78 is 0. The topological polar surface area (TPSA) is 27.0 Å². The molecule has 3 heteroatoms. The van der Waals surface area contributed by atoms with Crippen LogP contribution in [-0.4, -0.2) is 18.5 Å². The second kappa shape index (κ2) is 5.16. The van der Waals surface area contributed by atoms with Gasteiger partial charge in [0.15, 0.2) is 0 Å². The average Bonchev–Trinajstić information content (AvgIpc) is 2.87. The van der Waals surface area contributed by atoms with Crippen LogP contribution in [0.3, 0.4) is 0 Å². The minimum atomic E-state index is -0.107. The molecule has 1 unspecified atom stereocenters. The number of benzene rings is 1. The maximum absolute atomic E-state index is 9.47. The third-order valence-electron chi connectivity index (χ3n) is 3.83. The van der Waals surface area contributed by atoms with Crippen molar-refractivity contribution in [3.05, 3.63) is 57.3 Å². The van der Waals surface area contributed by atoms with E-state index in [1.54, 1.807) is 11.3 Å². The van der Waals surface area contributed by atoms with Crippen LogP contribution < -0.4 is 0 Å². The molecule has 0 aliphatic carbocycles. The fourth-order valence-electron chi connectivity index (χ4n) is 2.70. The molecule has 2 aromatic rings. The number of hydrogen-bond acceptors (Lipinski definition) is 3. The van der Waals surface area contributed by atoms with Crippen molar-refractivity contribution in [3.8, 4) is 6.07 Å². The van der Waals surface area contributed by atoms with Crippen LogP contribution in [0.1, 0.15) is 27.6 Å². The van der Waals surface area contributed by atoms with Gasteiger partial charge in [0.05, 0.1) is 6.07 Å². The molecular weight excluding hydrogens is 252 g/mol. The van der Waals surface area contributed by atoms with Gasteiger partial charge in [0.25, 0.3) is 0 Å². The van der Waals surface area contributed by atoms with Gasteiger partial charge in [0.1, 0.15) is 6.04 Å². The lowest BCUT2D eigenvalue weighted by molar-refractivity contribution is 0.298. The first-order valence-electron chi connectivity index (χ1n) is 6.52. The number of nitrogens with zero attached hydrogens (tertiary/aromatic N) is 2. The molecule has 2 heterocycles. The van der Waals surface area contributed by atoms with E-state index in [0.717, 1.165) is 19.4 Å². The van der Waals surface area contributed by atoms with Crippen LogP contribution in [-0.2, 0) is 12.8 Å². The predicted molar refractivity (Wildman–Crippen MR) is 78.3 cm³/mol. The fourth-order valence-corrected chi connectivity index (χ4v) is 3.73. The number of fused-ring (bicyclic) bond motifs is 2. The Morgan fingerprint density at radius 2 is 2.00 bits per heavy atom. The highest BCUT2D eigenvalue weighted by Crippen LogP contribution is 2.32. The Kier molecular flexibility index (Phi) is 3.37. The van der Waals surface area contributed by atoms with E-state index in [9.17, 15) is 5.26 Å². The van der Waals surface area contributed by atoms with Gasteiger partial charge in [-0.2, -0.15) is 5.26 Å². The van der Waals surface area contributed by atoms with Crippen LogP contribution in [0.15, 0.2) is 35.7 Å². The molecular formula is C16H16N2S. The summed E-state index contributed by atoms with van der Waals surface area (Å²) in [4.78, 5) is 3.37. The number of hydrogen-bond donors (Lipinski definition) is 0. The van der Waals surface area contributed by atoms with Gasteiger partial charge in [-0.25, -0.2) is 0 Å². The molecule has 0 radical (unpaired) electrons. The van der Waals surface area contributed by atoms with Gasteiger partial charge in [-0.15, -0.1) is 11.3 Å². The van der Waals surface area contributed by atoms with Gasteiger partial charge in [-0.3, -0.25) is 4.90 Å². The number of nitriles is 1. The molecule has 0 amide bonds. The van der Waals surface area contributed by atoms with Gasteiger partial charge in [-0.05, 0) is 48.0 Å². The molecule has 0 fully saturated rings. The lowest BCUT2D eigenvalue weighted by Crippen LogP contribution is -2.25. The Hall–Kier alpha value is -1.63. The molecule has 2 nitrogen and oxygen atoms in total. The van der Waals surface area contributed by atoms with Crippen molar-refractivity contribution in [1.82, 2.24) is 4.90 Å².